The molecule has 0 amide bonds. The molecule has 0 spiro atoms. The molecule has 1 unspecified atom stereocenters. The van der Waals surface area contributed by atoms with Crippen LogP contribution in [-0.4, -0.2) is 23.5 Å². The van der Waals surface area contributed by atoms with Crippen LogP contribution in [0.15, 0.2) is 17.5 Å². The van der Waals surface area contributed by atoms with Gasteiger partial charge in [-0.25, -0.2) is 0 Å². The molecule has 1 aromatic heterocycles. The van der Waals surface area contributed by atoms with Gasteiger partial charge in [0, 0.05) is 11.3 Å². The first-order chi connectivity index (χ1) is 7.24. The fourth-order valence-electron chi connectivity index (χ4n) is 2.19. The van der Waals surface area contributed by atoms with Gasteiger partial charge in [-0.3, -0.25) is 4.90 Å². The van der Waals surface area contributed by atoms with Crippen molar-refractivity contribution < 1.29 is 0 Å². The summed E-state index contributed by atoms with van der Waals surface area (Å²) >= 11 is 1.75. The van der Waals surface area contributed by atoms with Crippen LogP contribution >= 0.6 is 11.3 Å². The van der Waals surface area contributed by atoms with E-state index in [4.69, 9.17) is 0 Å². The molecule has 0 bridgehead atoms. The molecule has 1 atom stereocenters. The number of rotatable bonds is 3. The summed E-state index contributed by atoms with van der Waals surface area (Å²) in [5, 5.41) is 11.4. The van der Waals surface area contributed by atoms with Crippen molar-refractivity contribution in [1.29, 1.82) is 5.26 Å². The fourth-order valence-corrected chi connectivity index (χ4v) is 3.04. The highest BCUT2D eigenvalue weighted by Gasteiger charge is 2.34. The van der Waals surface area contributed by atoms with E-state index in [1.54, 1.807) is 11.3 Å². The highest BCUT2D eigenvalue weighted by atomic mass is 32.1. The smallest absolute Gasteiger partial charge is 0.111 e. The minimum absolute atomic E-state index is 0.304. The zero-order valence-corrected chi connectivity index (χ0v) is 9.89. The van der Waals surface area contributed by atoms with Crippen molar-refractivity contribution >= 4 is 11.3 Å². The molecule has 2 heterocycles. The number of hydrogen-bond donors (Lipinski definition) is 0. The predicted molar refractivity (Wildman–Crippen MR) is 62.8 cm³/mol. The van der Waals surface area contributed by atoms with Crippen LogP contribution in [0.4, 0.5) is 0 Å². The Bertz CT molecular complexity index is 346. The molecule has 0 radical (unpaired) electrons. The second kappa shape index (κ2) is 4.34. The summed E-state index contributed by atoms with van der Waals surface area (Å²) in [4.78, 5) is 3.64. The first-order valence-corrected chi connectivity index (χ1v) is 6.31. The van der Waals surface area contributed by atoms with E-state index in [2.05, 4.69) is 35.4 Å². The summed E-state index contributed by atoms with van der Waals surface area (Å²) in [7, 11) is 0. The Kier molecular flexibility index (Phi) is 3.08. The monoisotopic (exact) mass is 220 g/mol. The van der Waals surface area contributed by atoms with E-state index in [9.17, 15) is 5.26 Å². The molecule has 2 rings (SSSR count). The summed E-state index contributed by atoms with van der Waals surface area (Å²) in [6.45, 7) is 4.23. The van der Waals surface area contributed by atoms with E-state index in [0.29, 0.717) is 0 Å². The summed E-state index contributed by atoms with van der Waals surface area (Å²) in [6.07, 6.45) is 3.34. The topological polar surface area (TPSA) is 27.0 Å². The van der Waals surface area contributed by atoms with Gasteiger partial charge in [0.05, 0.1) is 6.07 Å². The van der Waals surface area contributed by atoms with Gasteiger partial charge in [0.25, 0.3) is 0 Å². The molecule has 0 N–H and O–H groups in total. The van der Waals surface area contributed by atoms with Gasteiger partial charge < -0.3 is 0 Å². The molecule has 2 nitrogen and oxygen atoms in total. The molecule has 80 valence electrons. The molecule has 1 aliphatic heterocycles. The first kappa shape index (κ1) is 10.7. The lowest BCUT2D eigenvalue weighted by molar-refractivity contribution is 0.192. The second-order valence-electron chi connectivity index (χ2n) is 4.34. The highest BCUT2D eigenvalue weighted by Crippen LogP contribution is 2.26. The van der Waals surface area contributed by atoms with E-state index >= 15 is 0 Å². The lowest BCUT2D eigenvalue weighted by atomic mass is 9.97. The van der Waals surface area contributed by atoms with Gasteiger partial charge in [-0.15, -0.1) is 11.3 Å². The molecule has 1 aromatic rings. The minimum atomic E-state index is -0.304. The van der Waals surface area contributed by atoms with Gasteiger partial charge in [-0.2, -0.15) is 5.26 Å². The molecular formula is C12H16N2S. The van der Waals surface area contributed by atoms with Gasteiger partial charge in [0.2, 0.25) is 0 Å². The van der Waals surface area contributed by atoms with Crippen LogP contribution in [-0.2, 0) is 6.42 Å². The van der Waals surface area contributed by atoms with Crippen molar-refractivity contribution in [3.63, 3.8) is 0 Å². The van der Waals surface area contributed by atoms with E-state index in [1.165, 1.54) is 17.7 Å². The molecule has 3 heteroatoms. The van der Waals surface area contributed by atoms with Crippen LogP contribution in [0, 0.1) is 11.3 Å². The summed E-state index contributed by atoms with van der Waals surface area (Å²) in [5.41, 5.74) is -0.304. The van der Waals surface area contributed by atoms with Crippen LogP contribution in [0.2, 0.25) is 0 Å². The Balaban J connectivity index is 2.11. The lowest BCUT2D eigenvalue weighted by Crippen LogP contribution is -2.45. The van der Waals surface area contributed by atoms with E-state index in [1.807, 2.05) is 0 Å². The summed E-state index contributed by atoms with van der Waals surface area (Å²) in [5.74, 6) is 0. The first-order valence-electron chi connectivity index (χ1n) is 5.43. The lowest BCUT2D eigenvalue weighted by Gasteiger charge is -2.32. The Labute approximate surface area is 95.1 Å². The Hall–Kier alpha value is -0.850. The number of nitriles is 1. The average Bonchev–Trinajstić information content (AvgIpc) is 2.89. The third-order valence-electron chi connectivity index (χ3n) is 3.14. The van der Waals surface area contributed by atoms with Gasteiger partial charge in [0.15, 0.2) is 0 Å². The largest absolute Gasteiger partial charge is 0.285 e. The number of likely N-dealkylation sites (tertiary alicyclic amines) is 1. The van der Waals surface area contributed by atoms with Crippen molar-refractivity contribution in [3.8, 4) is 6.07 Å². The second-order valence-corrected chi connectivity index (χ2v) is 5.37. The standard InChI is InChI=1S/C12H16N2S/c1-12(10-13,14-6-2-3-7-14)9-11-5-4-8-15-11/h4-5,8H,2-3,6-7,9H2,1H3. The molecule has 0 saturated carbocycles. The van der Waals surface area contributed by atoms with Crippen molar-refractivity contribution in [1.82, 2.24) is 4.90 Å². The molecule has 15 heavy (non-hydrogen) atoms. The van der Waals surface area contributed by atoms with Gasteiger partial charge in [-0.05, 0) is 44.3 Å². The quantitative estimate of drug-likeness (QED) is 0.783. The molecule has 1 fully saturated rings. The van der Waals surface area contributed by atoms with Crippen molar-refractivity contribution in [2.24, 2.45) is 0 Å². The summed E-state index contributed by atoms with van der Waals surface area (Å²) < 4.78 is 0. The maximum atomic E-state index is 9.36. The Morgan fingerprint density at radius 1 is 1.53 bits per heavy atom. The Morgan fingerprint density at radius 3 is 2.80 bits per heavy atom. The normalized spacial score (nSPS) is 21.1. The van der Waals surface area contributed by atoms with Gasteiger partial charge in [0.1, 0.15) is 5.54 Å². The number of hydrogen-bond acceptors (Lipinski definition) is 3. The SMILES string of the molecule is CC(C#N)(Cc1cccs1)N1CCCC1. The molecule has 1 saturated heterocycles. The average molecular weight is 220 g/mol. The third-order valence-corrected chi connectivity index (χ3v) is 4.02. The molecular weight excluding hydrogens is 204 g/mol. The fraction of sp³-hybridized carbons (Fsp3) is 0.583. The zero-order chi connectivity index (χ0) is 10.7. The molecule has 1 aliphatic rings. The maximum absolute atomic E-state index is 9.36. The van der Waals surface area contributed by atoms with Crippen molar-refractivity contribution in [3.05, 3.63) is 22.4 Å². The van der Waals surface area contributed by atoms with E-state index < -0.39 is 0 Å². The van der Waals surface area contributed by atoms with Gasteiger partial charge in [-0.1, -0.05) is 6.07 Å². The zero-order valence-electron chi connectivity index (χ0n) is 9.07. The van der Waals surface area contributed by atoms with E-state index in [0.717, 1.165) is 19.5 Å². The number of nitrogens with zero attached hydrogens (tertiary/aromatic N) is 2. The van der Waals surface area contributed by atoms with Crippen molar-refractivity contribution in [2.75, 3.05) is 13.1 Å². The highest BCUT2D eigenvalue weighted by molar-refractivity contribution is 7.09. The summed E-state index contributed by atoms with van der Waals surface area (Å²) in [6, 6.07) is 6.67. The van der Waals surface area contributed by atoms with Crippen molar-refractivity contribution in [2.45, 2.75) is 31.7 Å². The van der Waals surface area contributed by atoms with Crippen LogP contribution < -0.4 is 0 Å². The predicted octanol–water partition coefficient (Wildman–Crippen LogP) is 2.67. The van der Waals surface area contributed by atoms with Crippen LogP contribution in [0.25, 0.3) is 0 Å². The van der Waals surface area contributed by atoms with Crippen LogP contribution in [0.5, 0.6) is 0 Å². The Morgan fingerprint density at radius 2 is 2.27 bits per heavy atom. The van der Waals surface area contributed by atoms with Crippen LogP contribution in [0.1, 0.15) is 24.6 Å². The number of thiophene rings is 1. The minimum Gasteiger partial charge on any atom is -0.285 e. The van der Waals surface area contributed by atoms with Crippen LogP contribution in [0.3, 0.4) is 0 Å². The third kappa shape index (κ3) is 2.22. The van der Waals surface area contributed by atoms with Gasteiger partial charge >= 0.3 is 0 Å². The molecule has 0 aromatic carbocycles. The molecule has 0 aliphatic carbocycles. The maximum Gasteiger partial charge on any atom is 0.111 e. The van der Waals surface area contributed by atoms with E-state index in [-0.39, 0.29) is 5.54 Å².